The SMILES string of the molecule is Cc1nc(N2CCCC2)c2c(n1)C1(CCCN(C(=O)c3scnc3C)C1)CC2. The van der Waals surface area contributed by atoms with E-state index in [1.165, 1.54) is 41.3 Å². The van der Waals surface area contributed by atoms with Gasteiger partial charge in [-0.3, -0.25) is 4.79 Å². The number of carbonyl (C=O) groups is 1. The van der Waals surface area contributed by atoms with Gasteiger partial charge in [-0.25, -0.2) is 15.0 Å². The molecule has 0 radical (unpaired) electrons. The van der Waals surface area contributed by atoms with Crippen molar-refractivity contribution in [1.29, 1.82) is 0 Å². The first-order valence-corrected chi connectivity index (χ1v) is 11.3. The van der Waals surface area contributed by atoms with E-state index in [0.717, 1.165) is 68.3 Å². The minimum atomic E-state index is -0.00991. The average molecular weight is 398 g/mol. The molecule has 0 saturated carbocycles. The highest BCUT2D eigenvalue weighted by Crippen LogP contribution is 2.47. The van der Waals surface area contributed by atoms with Gasteiger partial charge in [0.25, 0.3) is 5.91 Å². The van der Waals surface area contributed by atoms with Crippen LogP contribution in [0.1, 0.15) is 64.6 Å². The number of amides is 1. The molecule has 1 unspecified atom stereocenters. The molecule has 3 aliphatic rings. The summed E-state index contributed by atoms with van der Waals surface area (Å²) in [6, 6.07) is 0. The second-order valence-corrected chi connectivity index (χ2v) is 9.35. The molecule has 6 nitrogen and oxygen atoms in total. The van der Waals surface area contributed by atoms with Crippen LogP contribution in [0.3, 0.4) is 0 Å². The van der Waals surface area contributed by atoms with Crippen LogP contribution < -0.4 is 4.90 Å². The first-order valence-electron chi connectivity index (χ1n) is 10.4. The predicted molar refractivity (Wildman–Crippen MR) is 110 cm³/mol. The van der Waals surface area contributed by atoms with Crippen molar-refractivity contribution in [1.82, 2.24) is 19.9 Å². The van der Waals surface area contributed by atoms with E-state index in [1.807, 2.05) is 18.7 Å². The molecule has 1 aliphatic carbocycles. The Kier molecular flexibility index (Phi) is 4.38. The highest BCUT2D eigenvalue weighted by Gasteiger charge is 2.46. The third-order valence-corrected chi connectivity index (χ3v) is 7.58. The van der Waals surface area contributed by atoms with Gasteiger partial charge in [0.2, 0.25) is 0 Å². The normalized spacial score (nSPS) is 24.2. The maximum atomic E-state index is 13.1. The number of piperidine rings is 1. The van der Waals surface area contributed by atoms with Crippen molar-refractivity contribution in [3.8, 4) is 0 Å². The maximum Gasteiger partial charge on any atom is 0.265 e. The summed E-state index contributed by atoms with van der Waals surface area (Å²) in [4.78, 5) is 32.5. The number of thiazole rings is 1. The Morgan fingerprint density at radius 1 is 1.11 bits per heavy atom. The van der Waals surface area contributed by atoms with Gasteiger partial charge in [-0.15, -0.1) is 11.3 Å². The maximum absolute atomic E-state index is 13.1. The van der Waals surface area contributed by atoms with Crippen LogP contribution in [0.4, 0.5) is 5.82 Å². The van der Waals surface area contributed by atoms with Crippen molar-refractivity contribution in [2.45, 2.75) is 57.8 Å². The van der Waals surface area contributed by atoms with Crippen LogP contribution in [0.25, 0.3) is 0 Å². The number of nitrogens with zero attached hydrogens (tertiary/aromatic N) is 5. The van der Waals surface area contributed by atoms with Crippen molar-refractivity contribution >= 4 is 23.1 Å². The van der Waals surface area contributed by atoms with Crippen LogP contribution in [0.2, 0.25) is 0 Å². The van der Waals surface area contributed by atoms with Crippen LogP contribution in [-0.2, 0) is 11.8 Å². The van der Waals surface area contributed by atoms with E-state index in [4.69, 9.17) is 9.97 Å². The number of rotatable bonds is 2. The molecule has 148 valence electrons. The molecule has 2 aromatic heterocycles. The molecule has 4 heterocycles. The van der Waals surface area contributed by atoms with E-state index < -0.39 is 0 Å². The number of aromatic nitrogens is 3. The van der Waals surface area contributed by atoms with Gasteiger partial charge >= 0.3 is 0 Å². The topological polar surface area (TPSA) is 62.2 Å². The molecular formula is C21H27N5OS. The summed E-state index contributed by atoms with van der Waals surface area (Å²) >= 11 is 1.45. The number of hydrogen-bond donors (Lipinski definition) is 0. The number of aryl methyl sites for hydroxylation is 2. The second kappa shape index (κ2) is 6.79. The molecule has 5 rings (SSSR count). The Morgan fingerprint density at radius 3 is 2.68 bits per heavy atom. The molecule has 2 fully saturated rings. The van der Waals surface area contributed by atoms with E-state index in [-0.39, 0.29) is 11.3 Å². The van der Waals surface area contributed by atoms with Crippen LogP contribution >= 0.6 is 11.3 Å². The fourth-order valence-corrected chi connectivity index (χ4v) is 6.05. The molecule has 2 aliphatic heterocycles. The zero-order valence-electron chi connectivity index (χ0n) is 16.7. The molecule has 7 heteroatoms. The Hall–Kier alpha value is -2.02. The number of fused-ring (bicyclic) bond motifs is 2. The predicted octanol–water partition coefficient (Wildman–Crippen LogP) is 3.27. The van der Waals surface area contributed by atoms with E-state index in [0.29, 0.717) is 0 Å². The Labute approximate surface area is 170 Å². The van der Waals surface area contributed by atoms with Gasteiger partial charge in [0.05, 0.1) is 16.9 Å². The van der Waals surface area contributed by atoms with Gasteiger partial charge in [0, 0.05) is 37.2 Å². The van der Waals surface area contributed by atoms with Crippen molar-refractivity contribution in [2.75, 3.05) is 31.1 Å². The molecule has 1 spiro atoms. The number of hydrogen-bond acceptors (Lipinski definition) is 6. The molecule has 0 N–H and O–H groups in total. The Balaban J connectivity index is 1.49. The molecule has 0 bridgehead atoms. The lowest BCUT2D eigenvalue weighted by molar-refractivity contribution is 0.0637. The van der Waals surface area contributed by atoms with E-state index in [2.05, 4.69) is 9.88 Å². The number of anilines is 1. The van der Waals surface area contributed by atoms with Crippen molar-refractivity contribution in [2.24, 2.45) is 0 Å². The first-order chi connectivity index (χ1) is 13.6. The smallest absolute Gasteiger partial charge is 0.265 e. The van der Waals surface area contributed by atoms with Crippen LogP contribution in [0.5, 0.6) is 0 Å². The molecular weight excluding hydrogens is 370 g/mol. The molecule has 1 atom stereocenters. The van der Waals surface area contributed by atoms with Crippen molar-refractivity contribution in [3.05, 3.63) is 33.2 Å². The van der Waals surface area contributed by atoms with Gasteiger partial charge in [0.15, 0.2) is 0 Å². The Morgan fingerprint density at radius 2 is 1.93 bits per heavy atom. The first kappa shape index (κ1) is 18.0. The van der Waals surface area contributed by atoms with Gasteiger partial charge < -0.3 is 9.80 Å². The Bertz CT molecular complexity index is 920. The third-order valence-electron chi connectivity index (χ3n) is 6.66. The minimum Gasteiger partial charge on any atom is -0.356 e. The summed E-state index contributed by atoms with van der Waals surface area (Å²) in [6.07, 6.45) is 6.75. The van der Waals surface area contributed by atoms with E-state index in [1.54, 1.807) is 5.51 Å². The molecule has 2 aromatic rings. The van der Waals surface area contributed by atoms with Crippen LogP contribution in [0.15, 0.2) is 5.51 Å². The van der Waals surface area contributed by atoms with E-state index >= 15 is 0 Å². The van der Waals surface area contributed by atoms with Gasteiger partial charge in [-0.1, -0.05) is 0 Å². The lowest BCUT2D eigenvalue weighted by Crippen LogP contribution is -2.48. The summed E-state index contributed by atoms with van der Waals surface area (Å²) in [7, 11) is 0. The fourth-order valence-electron chi connectivity index (χ4n) is 5.28. The molecule has 28 heavy (non-hydrogen) atoms. The summed E-state index contributed by atoms with van der Waals surface area (Å²) in [5.41, 5.74) is 5.17. The quantitative estimate of drug-likeness (QED) is 0.778. The minimum absolute atomic E-state index is 0.00991. The van der Waals surface area contributed by atoms with Crippen molar-refractivity contribution in [3.63, 3.8) is 0 Å². The molecule has 0 aromatic carbocycles. The average Bonchev–Trinajstić information content (AvgIpc) is 3.43. The summed E-state index contributed by atoms with van der Waals surface area (Å²) in [5, 5.41) is 0. The fraction of sp³-hybridized carbons (Fsp3) is 0.619. The van der Waals surface area contributed by atoms with E-state index in [9.17, 15) is 4.79 Å². The van der Waals surface area contributed by atoms with Gasteiger partial charge in [0.1, 0.15) is 16.5 Å². The monoisotopic (exact) mass is 397 g/mol. The summed E-state index contributed by atoms with van der Waals surface area (Å²) in [5.74, 6) is 2.17. The second-order valence-electron chi connectivity index (χ2n) is 8.49. The van der Waals surface area contributed by atoms with Crippen molar-refractivity contribution < 1.29 is 4.79 Å². The van der Waals surface area contributed by atoms with Gasteiger partial charge in [-0.05, 0) is 52.4 Å². The third kappa shape index (κ3) is 2.82. The standard InChI is InChI=1S/C21H27N5OS/c1-14-17(28-13-22-14)20(27)26-11-5-7-21(12-26)8-6-16-18(21)23-15(2)24-19(16)25-9-3-4-10-25/h13H,3-12H2,1-2H3. The highest BCUT2D eigenvalue weighted by molar-refractivity contribution is 7.11. The zero-order valence-corrected chi connectivity index (χ0v) is 17.5. The molecule has 2 saturated heterocycles. The molecule has 1 amide bonds. The zero-order chi connectivity index (χ0) is 19.3. The summed E-state index contributed by atoms with van der Waals surface area (Å²) in [6.45, 7) is 7.74. The van der Waals surface area contributed by atoms with Crippen LogP contribution in [-0.4, -0.2) is 51.9 Å². The van der Waals surface area contributed by atoms with Gasteiger partial charge in [-0.2, -0.15) is 0 Å². The lowest BCUT2D eigenvalue weighted by atomic mass is 9.77. The number of likely N-dealkylation sites (tertiary alicyclic amines) is 1. The largest absolute Gasteiger partial charge is 0.356 e. The number of carbonyl (C=O) groups excluding carboxylic acids is 1. The van der Waals surface area contributed by atoms with Crippen LogP contribution in [0, 0.1) is 13.8 Å². The highest BCUT2D eigenvalue weighted by atomic mass is 32.1. The summed E-state index contributed by atoms with van der Waals surface area (Å²) < 4.78 is 0. The lowest BCUT2D eigenvalue weighted by Gasteiger charge is -2.40.